The number of rotatable bonds is 8. The van der Waals surface area contributed by atoms with Crippen molar-refractivity contribution in [2.24, 2.45) is 0 Å². The number of carbonyl (C=O) groups excluding carboxylic acids is 1. The number of carbonyl (C=O) groups is 1. The number of amides is 1. The molecular weight excluding hydrogens is 438 g/mol. The molecule has 0 aliphatic rings. The van der Waals surface area contributed by atoms with Crippen LogP contribution in [0.4, 0.5) is 16.6 Å². The molecule has 2 aromatic heterocycles. The summed E-state index contributed by atoms with van der Waals surface area (Å²) < 4.78 is 8.14. The van der Waals surface area contributed by atoms with Gasteiger partial charge in [-0.15, -0.1) is 0 Å². The van der Waals surface area contributed by atoms with E-state index < -0.39 is 6.09 Å². The van der Waals surface area contributed by atoms with Crippen molar-refractivity contribution in [3.05, 3.63) is 40.6 Å². The number of nitrogens with two attached hydrogens (primary N) is 1. The number of hydrogen-bond donors (Lipinski definition) is 2. The van der Waals surface area contributed by atoms with Crippen molar-refractivity contribution >= 4 is 45.0 Å². The fraction of sp³-hybridized carbons (Fsp3) is 0.368. The van der Waals surface area contributed by atoms with E-state index in [0.29, 0.717) is 42.6 Å². The third kappa shape index (κ3) is 5.57. The van der Waals surface area contributed by atoms with Crippen LogP contribution in [0.2, 0.25) is 0 Å². The highest BCUT2D eigenvalue weighted by Gasteiger charge is 2.12. The maximum absolute atomic E-state index is 11.8. The minimum atomic E-state index is -0.422. The van der Waals surface area contributed by atoms with E-state index in [2.05, 4.69) is 36.2 Å². The zero-order chi connectivity index (χ0) is 20.8. The first-order valence-corrected chi connectivity index (χ1v) is 10.0. The van der Waals surface area contributed by atoms with Gasteiger partial charge in [-0.25, -0.2) is 9.78 Å². The van der Waals surface area contributed by atoms with Gasteiger partial charge in [0.25, 0.3) is 0 Å². The van der Waals surface area contributed by atoms with Crippen LogP contribution in [0.1, 0.15) is 18.4 Å². The van der Waals surface area contributed by atoms with E-state index in [1.54, 1.807) is 11.2 Å². The minimum Gasteiger partial charge on any atom is -0.450 e. The zero-order valence-electron chi connectivity index (χ0n) is 16.4. The van der Waals surface area contributed by atoms with Gasteiger partial charge in [-0.3, -0.25) is 0 Å². The van der Waals surface area contributed by atoms with Crippen LogP contribution >= 0.6 is 15.9 Å². The van der Waals surface area contributed by atoms with Crippen LogP contribution in [0.25, 0.3) is 11.2 Å². The van der Waals surface area contributed by atoms with Crippen LogP contribution in [0.3, 0.4) is 0 Å². The number of ether oxygens (including phenoxy) is 1. The van der Waals surface area contributed by atoms with Gasteiger partial charge in [0.1, 0.15) is 5.52 Å². The van der Waals surface area contributed by atoms with E-state index in [1.807, 2.05) is 42.9 Å². The molecule has 0 fully saturated rings. The van der Waals surface area contributed by atoms with Crippen LogP contribution < -0.4 is 16.0 Å². The van der Waals surface area contributed by atoms with Crippen molar-refractivity contribution < 1.29 is 9.53 Å². The number of nitrogen functional groups attached to an aromatic ring is 1. The van der Waals surface area contributed by atoms with E-state index in [0.717, 1.165) is 22.9 Å². The normalized spacial score (nSPS) is 10.9. The Morgan fingerprint density at radius 2 is 2.14 bits per heavy atom. The highest BCUT2D eigenvalue weighted by atomic mass is 79.9. The Balaban J connectivity index is 1.43. The number of fused-ring (bicyclic) bond motifs is 1. The lowest BCUT2D eigenvalue weighted by Crippen LogP contribution is -2.24. The summed E-state index contributed by atoms with van der Waals surface area (Å²) in [6, 6.07) is 7.76. The first-order chi connectivity index (χ1) is 13.9. The summed E-state index contributed by atoms with van der Waals surface area (Å²) in [5.41, 5.74) is 8.28. The molecule has 3 rings (SSSR count). The fourth-order valence-electron chi connectivity index (χ4n) is 2.74. The average molecular weight is 462 g/mol. The molecule has 0 unspecified atom stereocenters. The van der Waals surface area contributed by atoms with Gasteiger partial charge in [-0.1, -0.05) is 28.1 Å². The zero-order valence-corrected chi connectivity index (χ0v) is 18.0. The molecule has 0 spiro atoms. The Kier molecular flexibility index (Phi) is 6.86. The summed E-state index contributed by atoms with van der Waals surface area (Å²) in [6.45, 7) is 1.47. The first-order valence-electron chi connectivity index (χ1n) is 9.25. The molecule has 2 heterocycles. The van der Waals surface area contributed by atoms with E-state index in [4.69, 9.17) is 10.5 Å². The number of unbranched alkanes of at least 4 members (excludes halogenated alkanes) is 1. The maximum Gasteiger partial charge on any atom is 0.407 e. The monoisotopic (exact) mass is 461 g/mol. The number of imidazole rings is 1. The highest BCUT2D eigenvalue weighted by Crippen LogP contribution is 2.19. The van der Waals surface area contributed by atoms with E-state index in [-0.39, 0.29) is 0 Å². The Hall–Kier alpha value is -2.88. The number of benzene rings is 1. The van der Waals surface area contributed by atoms with E-state index >= 15 is 0 Å². The van der Waals surface area contributed by atoms with Crippen LogP contribution in [0.15, 0.2) is 35.1 Å². The molecule has 3 aromatic rings. The molecule has 0 radical (unpaired) electrons. The largest absolute Gasteiger partial charge is 0.450 e. The van der Waals surface area contributed by atoms with Crippen molar-refractivity contribution in [1.29, 1.82) is 0 Å². The van der Waals surface area contributed by atoms with Gasteiger partial charge in [0.2, 0.25) is 5.95 Å². The van der Waals surface area contributed by atoms with Crippen molar-refractivity contribution in [3.63, 3.8) is 0 Å². The molecule has 1 amide bonds. The number of halogens is 1. The van der Waals surface area contributed by atoms with Crippen molar-refractivity contribution in [3.8, 4) is 0 Å². The highest BCUT2D eigenvalue weighted by molar-refractivity contribution is 9.10. The van der Waals surface area contributed by atoms with E-state index in [1.165, 1.54) is 0 Å². The van der Waals surface area contributed by atoms with Crippen LogP contribution in [0, 0.1) is 0 Å². The van der Waals surface area contributed by atoms with Crippen molar-refractivity contribution in [2.45, 2.75) is 25.9 Å². The quantitative estimate of drug-likeness (QED) is 0.495. The second kappa shape index (κ2) is 9.55. The van der Waals surface area contributed by atoms with Gasteiger partial charge in [-0.05, 0) is 30.5 Å². The predicted octanol–water partition coefficient (Wildman–Crippen LogP) is 2.94. The molecule has 3 N–H and O–H groups in total. The molecule has 0 saturated carbocycles. The summed E-state index contributed by atoms with van der Waals surface area (Å²) in [7, 11) is 3.72. The number of nitrogens with one attached hydrogen (secondary N) is 1. The molecule has 0 aliphatic heterocycles. The SMILES string of the molecule is CN(C)c1nc(N)c2ncn(CCCCOC(=O)NCc3cccc(Br)c3)c2n1. The molecular formula is C19H24BrN7O2. The predicted molar refractivity (Wildman–Crippen MR) is 116 cm³/mol. The van der Waals surface area contributed by atoms with Crippen molar-refractivity contribution in [1.82, 2.24) is 24.8 Å². The van der Waals surface area contributed by atoms with Gasteiger partial charge in [0, 0.05) is 31.7 Å². The maximum atomic E-state index is 11.8. The van der Waals surface area contributed by atoms with Crippen LogP contribution in [0.5, 0.6) is 0 Å². The van der Waals surface area contributed by atoms with Gasteiger partial charge < -0.3 is 25.3 Å². The summed E-state index contributed by atoms with van der Waals surface area (Å²) in [5.74, 6) is 0.908. The Morgan fingerprint density at radius 1 is 1.31 bits per heavy atom. The Labute approximate surface area is 177 Å². The molecule has 0 atom stereocenters. The second-order valence-electron chi connectivity index (χ2n) is 6.74. The molecule has 0 saturated heterocycles. The number of alkyl carbamates (subject to hydrolysis) is 1. The lowest BCUT2D eigenvalue weighted by atomic mass is 10.2. The summed E-state index contributed by atoms with van der Waals surface area (Å²) in [5, 5.41) is 2.75. The summed E-state index contributed by atoms with van der Waals surface area (Å²) in [6.07, 6.45) is 2.83. The molecule has 10 heteroatoms. The number of aryl methyl sites for hydroxylation is 1. The molecule has 1 aromatic carbocycles. The molecule has 154 valence electrons. The van der Waals surface area contributed by atoms with Gasteiger partial charge in [0.15, 0.2) is 11.5 Å². The second-order valence-corrected chi connectivity index (χ2v) is 7.66. The van der Waals surface area contributed by atoms with E-state index in [9.17, 15) is 4.79 Å². The number of aromatic nitrogens is 4. The smallest absolute Gasteiger partial charge is 0.407 e. The van der Waals surface area contributed by atoms with Crippen LogP contribution in [-0.4, -0.2) is 46.3 Å². The number of nitrogens with zero attached hydrogens (tertiary/aromatic N) is 5. The van der Waals surface area contributed by atoms with Crippen molar-refractivity contribution in [2.75, 3.05) is 31.3 Å². The lowest BCUT2D eigenvalue weighted by molar-refractivity contribution is 0.143. The Morgan fingerprint density at radius 3 is 2.90 bits per heavy atom. The first kappa shape index (κ1) is 20.8. The molecule has 0 aliphatic carbocycles. The Bertz CT molecular complexity index is 990. The lowest BCUT2D eigenvalue weighted by Gasteiger charge is -2.11. The molecule has 29 heavy (non-hydrogen) atoms. The molecule has 9 nitrogen and oxygen atoms in total. The van der Waals surface area contributed by atoms with Gasteiger partial charge in [-0.2, -0.15) is 9.97 Å². The standard InChI is InChI=1S/C19H24BrN7O2/c1-26(2)18-24-16(21)15-17(25-18)27(12-23-15)8-3-4-9-29-19(28)22-11-13-6-5-7-14(20)10-13/h5-7,10,12H,3-4,8-9,11H2,1-2H3,(H,22,28)(H2,21,24,25). The summed E-state index contributed by atoms with van der Waals surface area (Å²) >= 11 is 3.41. The van der Waals surface area contributed by atoms with Gasteiger partial charge >= 0.3 is 6.09 Å². The van der Waals surface area contributed by atoms with Gasteiger partial charge in [0.05, 0.1) is 12.9 Å². The topological polar surface area (TPSA) is 111 Å². The number of anilines is 2. The summed E-state index contributed by atoms with van der Waals surface area (Å²) in [4.78, 5) is 26.7. The fourth-order valence-corrected chi connectivity index (χ4v) is 3.19. The third-order valence-electron chi connectivity index (χ3n) is 4.23. The molecule has 0 bridgehead atoms. The number of hydrogen-bond acceptors (Lipinski definition) is 7. The van der Waals surface area contributed by atoms with Crippen LogP contribution in [-0.2, 0) is 17.8 Å². The average Bonchev–Trinajstić information content (AvgIpc) is 3.10. The third-order valence-corrected chi connectivity index (χ3v) is 4.72. The minimum absolute atomic E-state index is 0.344.